The average Bonchev–Trinajstić information content (AvgIpc) is 2.46. The molecule has 0 radical (unpaired) electrons. The van der Waals surface area contributed by atoms with Gasteiger partial charge in [-0.1, -0.05) is 37.1 Å². The molecule has 2 heteroatoms. The van der Waals surface area contributed by atoms with Crippen LogP contribution in [-0.4, -0.2) is 5.78 Å². The number of halogens is 1. The number of hydrogen-bond donors (Lipinski definition) is 0. The van der Waals surface area contributed by atoms with Crippen LogP contribution in [0.2, 0.25) is 5.02 Å². The molecule has 0 N–H and O–H groups in total. The normalized spacial score (nSPS) is 23.3. The predicted octanol–water partition coefficient (Wildman–Crippen LogP) is 5.37. The van der Waals surface area contributed by atoms with Crippen molar-refractivity contribution in [1.82, 2.24) is 0 Å². The van der Waals surface area contributed by atoms with Crippen molar-refractivity contribution in [2.24, 2.45) is 5.92 Å². The zero-order chi connectivity index (χ0) is 13.7. The van der Waals surface area contributed by atoms with Crippen LogP contribution in [0.3, 0.4) is 0 Å². The Morgan fingerprint density at radius 2 is 1.79 bits per heavy atom. The molecule has 1 fully saturated rings. The van der Waals surface area contributed by atoms with Crippen molar-refractivity contribution in [3.63, 3.8) is 0 Å². The third-order valence-corrected chi connectivity index (χ3v) is 4.55. The quantitative estimate of drug-likeness (QED) is 0.707. The lowest BCUT2D eigenvalue weighted by Crippen LogP contribution is -2.21. The first-order chi connectivity index (χ1) is 9.20. The Kier molecular flexibility index (Phi) is 5.45. The van der Waals surface area contributed by atoms with Crippen molar-refractivity contribution >= 4 is 17.4 Å². The lowest BCUT2D eigenvalue weighted by atomic mass is 9.76. The molecule has 1 aromatic carbocycles. The summed E-state index contributed by atoms with van der Waals surface area (Å²) in [4.78, 5) is 12.0. The van der Waals surface area contributed by atoms with Crippen molar-refractivity contribution in [2.45, 2.75) is 57.8 Å². The van der Waals surface area contributed by atoms with Gasteiger partial charge >= 0.3 is 0 Å². The molecule has 104 valence electrons. The molecule has 0 unspecified atom stereocenters. The standard InChI is InChI=1S/C17H23ClO/c1-2-3-4-17(19)15-7-5-13(6-8-15)14-9-11-16(18)12-10-14/h9-13,15H,2-8H2,1H3. The van der Waals surface area contributed by atoms with E-state index < -0.39 is 0 Å². The van der Waals surface area contributed by atoms with E-state index in [4.69, 9.17) is 11.6 Å². The van der Waals surface area contributed by atoms with E-state index in [9.17, 15) is 4.79 Å². The molecule has 2 rings (SSSR count). The summed E-state index contributed by atoms with van der Waals surface area (Å²) in [6.07, 6.45) is 7.37. The third kappa shape index (κ3) is 4.07. The van der Waals surface area contributed by atoms with E-state index in [1.54, 1.807) is 0 Å². The van der Waals surface area contributed by atoms with Crippen LogP contribution in [0.5, 0.6) is 0 Å². The molecule has 1 nitrogen and oxygen atoms in total. The molecule has 1 saturated carbocycles. The van der Waals surface area contributed by atoms with Crippen LogP contribution in [-0.2, 0) is 4.79 Å². The van der Waals surface area contributed by atoms with E-state index in [0.29, 0.717) is 17.6 Å². The maximum Gasteiger partial charge on any atom is 0.135 e. The van der Waals surface area contributed by atoms with Crippen LogP contribution in [0.15, 0.2) is 24.3 Å². The fourth-order valence-corrected chi connectivity index (χ4v) is 3.16. The first-order valence-corrected chi connectivity index (χ1v) is 7.86. The van der Waals surface area contributed by atoms with Gasteiger partial charge < -0.3 is 0 Å². The summed E-state index contributed by atoms with van der Waals surface area (Å²) < 4.78 is 0. The summed E-state index contributed by atoms with van der Waals surface area (Å²) >= 11 is 5.92. The summed E-state index contributed by atoms with van der Waals surface area (Å²) in [7, 11) is 0. The van der Waals surface area contributed by atoms with E-state index >= 15 is 0 Å². The summed E-state index contributed by atoms with van der Waals surface area (Å²) in [6, 6.07) is 8.20. The first-order valence-electron chi connectivity index (χ1n) is 7.49. The number of carbonyl (C=O) groups excluding carboxylic acids is 1. The molecule has 0 amide bonds. The van der Waals surface area contributed by atoms with Crippen molar-refractivity contribution in [2.75, 3.05) is 0 Å². The molecule has 0 spiro atoms. The van der Waals surface area contributed by atoms with Crippen molar-refractivity contribution < 1.29 is 4.79 Å². The summed E-state index contributed by atoms with van der Waals surface area (Å²) in [5, 5.41) is 0.798. The summed E-state index contributed by atoms with van der Waals surface area (Å²) in [6.45, 7) is 2.14. The average molecular weight is 279 g/mol. The van der Waals surface area contributed by atoms with Gasteiger partial charge in [-0.25, -0.2) is 0 Å². The topological polar surface area (TPSA) is 17.1 Å². The minimum atomic E-state index is 0.329. The minimum Gasteiger partial charge on any atom is -0.299 e. The van der Waals surface area contributed by atoms with Crippen LogP contribution >= 0.6 is 11.6 Å². The second kappa shape index (κ2) is 7.09. The molecular formula is C17H23ClO. The Morgan fingerprint density at radius 1 is 1.16 bits per heavy atom. The van der Waals surface area contributed by atoms with Crippen molar-refractivity contribution in [3.05, 3.63) is 34.9 Å². The number of unbranched alkanes of at least 4 members (excludes halogenated alkanes) is 1. The van der Waals surface area contributed by atoms with Crippen molar-refractivity contribution in [1.29, 1.82) is 0 Å². The van der Waals surface area contributed by atoms with Gasteiger partial charge in [0.15, 0.2) is 0 Å². The predicted molar refractivity (Wildman–Crippen MR) is 80.7 cm³/mol. The highest BCUT2D eigenvalue weighted by Crippen LogP contribution is 2.36. The van der Waals surface area contributed by atoms with Gasteiger partial charge in [0.25, 0.3) is 0 Å². The zero-order valence-electron chi connectivity index (χ0n) is 11.7. The Bertz CT molecular complexity index is 402. The fraction of sp³-hybridized carbons (Fsp3) is 0.588. The van der Waals surface area contributed by atoms with Crippen LogP contribution < -0.4 is 0 Å². The largest absolute Gasteiger partial charge is 0.299 e. The van der Waals surface area contributed by atoms with Gasteiger partial charge in [0.2, 0.25) is 0 Å². The Labute approximate surface area is 121 Å². The number of Topliss-reactive ketones (excluding diaryl/α,β-unsaturated/α-hetero) is 1. The highest BCUT2D eigenvalue weighted by atomic mass is 35.5. The molecule has 0 aliphatic heterocycles. The molecule has 0 bridgehead atoms. The lowest BCUT2D eigenvalue weighted by Gasteiger charge is -2.28. The van der Waals surface area contributed by atoms with Gasteiger partial charge in [0, 0.05) is 17.4 Å². The SMILES string of the molecule is CCCCC(=O)C1CCC(c2ccc(Cl)cc2)CC1. The zero-order valence-corrected chi connectivity index (χ0v) is 12.5. The second-order valence-corrected chi connectivity index (χ2v) is 6.11. The highest BCUT2D eigenvalue weighted by Gasteiger charge is 2.26. The molecule has 19 heavy (non-hydrogen) atoms. The number of rotatable bonds is 5. The van der Waals surface area contributed by atoms with Gasteiger partial charge in [-0.15, -0.1) is 0 Å². The monoisotopic (exact) mass is 278 g/mol. The molecular weight excluding hydrogens is 256 g/mol. The Hall–Kier alpha value is -0.820. The maximum absolute atomic E-state index is 12.0. The molecule has 1 aliphatic carbocycles. The van der Waals surface area contributed by atoms with Gasteiger partial charge in [0.1, 0.15) is 5.78 Å². The van der Waals surface area contributed by atoms with Gasteiger partial charge in [-0.05, 0) is 55.7 Å². The van der Waals surface area contributed by atoms with E-state index in [2.05, 4.69) is 19.1 Å². The first kappa shape index (κ1) is 14.6. The fourth-order valence-electron chi connectivity index (χ4n) is 3.04. The van der Waals surface area contributed by atoms with E-state index in [1.165, 1.54) is 5.56 Å². The van der Waals surface area contributed by atoms with Gasteiger partial charge in [-0.3, -0.25) is 4.79 Å². The summed E-state index contributed by atoms with van der Waals surface area (Å²) in [5.41, 5.74) is 1.38. The van der Waals surface area contributed by atoms with E-state index in [-0.39, 0.29) is 0 Å². The van der Waals surface area contributed by atoms with Crippen LogP contribution in [0.4, 0.5) is 0 Å². The number of ketones is 1. The second-order valence-electron chi connectivity index (χ2n) is 5.67. The van der Waals surface area contributed by atoms with Crippen LogP contribution in [0.25, 0.3) is 0 Å². The smallest absolute Gasteiger partial charge is 0.135 e. The van der Waals surface area contributed by atoms with Gasteiger partial charge in [-0.2, -0.15) is 0 Å². The van der Waals surface area contributed by atoms with E-state index in [1.807, 2.05) is 12.1 Å². The number of carbonyl (C=O) groups is 1. The maximum atomic E-state index is 12.0. The van der Waals surface area contributed by atoms with Gasteiger partial charge in [0.05, 0.1) is 0 Å². The molecule has 1 aromatic rings. The molecule has 0 heterocycles. The van der Waals surface area contributed by atoms with Crippen molar-refractivity contribution in [3.8, 4) is 0 Å². The minimum absolute atomic E-state index is 0.329. The molecule has 0 aromatic heterocycles. The highest BCUT2D eigenvalue weighted by molar-refractivity contribution is 6.30. The molecule has 0 atom stereocenters. The molecule has 0 saturated heterocycles. The lowest BCUT2D eigenvalue weighted by molar-refractivity contribution is -0.124. The van der Waals surface area contributed by atoms with E-state index in [0.717, 1.165) is 50.0 Å². The number of hydrogen-bond acceptors (Lipinski definition) is 1. The Balaban J connectivity index is 1.85. The third-order valence-electron chi connectivity index (χ3n) is 4.30. The molecule has 1 aliphatic rings. The van der Waals surface area contributed by atoms with Crippen LogP contribution in [0.1, 0.15) is 63.4 Å². The Morgan fingerprint density at radius 3 is 2.37 bits per heavy atom. The number of benzene rings is 1. The summed E-state index contributed by atoms with van der Waals surface area (Å²) in [5.74, 6) is 1.44. The van der Waals surface area contributed by atoms with Crippen LogP contribution in [0, 0.1) is 5.92 Å².